The van der Waals surface area contributed by atoms with E-state index in [0.29, 0.717) is 27.3 Å². The lowest BCUT2D eigenvalue weighted by molar-refractivity contribution is 0.102. The second kappa shape index (κ2) is 9.70. The maximum Gasteiger partial charge on any atom is 0.259 e. The molecule has 1 aromatic carbocycles. The van der Waals surface area contributed by atoms with Gasteiger partial charge in [-0.25, -0.2) is 4.98 Å². The highest BCUT2D eigenvalue weighted by atomic mass is 79.9. The number of ether oxygens (including phenoxy) is 1. The summed E-state index contributed by atoms with van der Waals surface area (Å²) in [5.41, 5.74) is 2.99. The zero-order valence-electron chi connectivity index (χ0n) is 20.7. The average Bonchev–Trinajstić information content (AvgIpc) is 3.41. The smallest absolute Gasteiger partial charge is 0.259 e. The first-order valence-corrected chi connectivity index (χ1v) is 12.8. The number of amides is 1. The molecule has 9 nitrogen and oxygen atoms in total. The number of hydrogen-bond donors (Lipinski definition) is 2. The van der Waals surface area contributed by atoms with Crippen molar-refractivity contribution >= 4 is 49.8 Å². The summed E-state index contributed by atoms with van der Waals surface area (Å²) in [6.45, 7) is 6.71. The first-order valence-electron chi connectivity index (χ1n) is 12.0. The van der Waals surface area contributed by atoms with Crippen LogP contribution in [0.1, 0.15) is 35.8 Å². The quantitative estimate of drug-likeness (QED) is 0.368. The summed E-state index contributed by atoms with van der Waals surface area (Å²) >= 11 is 3.62. The van der Waals surface area contributed by atoms with Gasteiger partial charge < -0.3 is 24.7 Å². The molecule has 0 radical (unpaired) electrons. The van der Waals surface area contributed by atoms with Crippen LogP contribution in [0.2, 0.25) is 0 Å². The highest BCUT2D eigenvalue weighted by Gasteiger charge is 2.26. The molecule has 2 N–H and O–H groups in total. The predicted octanol–water partition coefficient (Wildman–Crippen LogP) is 4.27. The minimum atomic E-state index is -0.637. The third kappa shape index (κ3) is 4.30. The van der Waals surface area contributed by atoms with Gasteiger partial charge in [-0.15, -0.1) is 0 Å². The van der Waals surface area contributed by atoms with Gasteiger partial charge in [-0.2, -0.15) is 9.49 Å². The lowest BCUT2D eigenvalue weighted by Gasteiger charge is -2.34. The van der Waals surface area contributed by atoms with Gasteiger partial charge in [0.25, 0.3) is 5.91 Å². The number of piperidine rings is 1. The molecule has 4 aromatic rings. The molecule has 11 heteroatoms. The summed E-state index contributed by atoms with van der Waals surface area (Å²) < 4.78 is 24.2. The number of hydrogen-bond acceptors (Lipinski definition) is 6. The predicted molar refractivity (Wildman–Crippen MR) is 142 cm³/mol. The topological polar surface area (TPSA) is 88.7 Å². The van der Waals surface area contributed by atoms with Crippen LogP contribution in [0.4, 0.5) is 15.8 Å². The molecule has 0 saturated carbocycles. The van der Waals surface area contributed by atoms with Gasteiger partial charge >= 0.3 is 0 Å². The Bertz CT molecular complexity index is 1460. The number of aromatic nitrogens is 4. The third-order valence-corrected chi connectivity index (χ3v) is 7.24. The highest BCUT2D eigenvalue weighted by molar-refractivity contribution is 9.10. The molecule has 4 heterocycles. The van der Waals surface area contributed by atoms with Crippen molar-refractivity contribution in [3.05, 3.63) is 46.2 Å². The van der Waals surface area contributed by atoms with Crippen molar-refractivity contribution in [3.63, 3.8) is 0 Å². The summed E-state index contributed by atoms with van der Waals surface area (Å²) in [4.78, 5) is 20.1. The van der Waals surface area contributed by atoms with Crippen LogP contribution in [0.5, 0.6) is 5.75 Å². The number of nitrogens with zero attached hydrogens (tertiary/aromatic N) is 5. The Morgan fingerprint density at radius 2 is 2.03 bits per heavy atom. The summed E-state index contributed by atoms with van der Waals surface area (Å²) in [6.07, 6.45) is 7.33. The Balaban J connectivity index is 1.52. The Labute approximate surface area is 216 Å². The van der Waals surface area contributed by atoms with Crippen molar-refractivity contribution < 1.29 is 13.9 Å². The molecule has 1 aliphatic heterocycles. The molecule has 3 aromatic heterocycles. The van der Waals surface area contributed by atoms with Gasteiger partial charge in [-0.05, 0) is 48.3 Å². The van der Waals surface area contributed by atoms with E-state index in [9.17, 15) is 4.79 Å². The number of aryl methyl sites for hydroxylation is 2. The van der Waals surface area contributed by atoms with E-state index in [1.807, 2.05) is 19.3 Å². The molecule has 0 unspecified atom stereocenters. The van der Waals surface area contributed by atoms with Gasteiger partial charge in [-0.1, -0.05) is 6.92 Å². The molecular weight excluding hydrogens is 529 g/mol. The van der Waals surface area contributed by atoms with E-state index in [2.05, 4.69) is 48.5 Å². The van der Waals surface area contributed by atoms with Gasteiger partial charge in [0.05, 0.1) is 18.4 Å². The molecule has 1 aliphatic rings. The molecule has 0 spiro atoms. The van der Waals surface area contributed by atoms with Crippen molar-refractivity contribution in [1.82, 2.24) is 24.5 Å². The summed E-state index contributed by atoms with van der Waals surface area (Å²) in [6, 6.07) is 2.50. The van der Waals surface area contributed by atoms with Gasteiger partial charge in [0.15, 0.2) is 11.4 Å². The number of benzene rings is 1. The van der Waals surface area contributed by atoms with Gasteiger partial charge in [0.1, 0.15) is 11.2 Å². The van der Waals surface area contributed by atoms with Crippen molar-refractivity contribution in [2.75, 3.05) is 37.0 Å². The molecule has 1 amide bonds. The Morgan fingerprint density at radius 1 is 1.28 bits per heavy atom. The van der Waals surface area contributed by atoms with Crippen LogP contribution in [0, 0.1) is 12.7 Å². The van der Waals surface area contributed by atoms with E-state index < -0.39 is 11.7 Å². The molecule has 36 heavy (non-hydrogen) atoms. The van der Waals surface area contributed by atoms with Crippen LogP contribution in [-0.4, -0.2) is 57.9 Å². The minimum Gasteiger partial charge on any atom is -0.491 e. The molecule has 5 rings (SSSR count). The van der Waals surface area contributed by atoms with Crippen LogP contribution in [0.25, 0.3) is 16.6 Å². The normalized spacial score (nSPS) is 14.7. The number of carbonyl (C=O) groups excluding carboxylic acids is 1. The zero-order valence-corrected chi connectivity index (χ0v) is 22.3. The van der Waals surface area contributed by atoms with E-state index in [-0.39, 0.29) is 17.1 Å². The second-order valence-corrected chi connectivity index (χ2v) is 9.95. The monoisotopic (exact) mass is 557 g/mol. The molecule has 1 saturated heterocycles. The molecule has 1 fully saturated rings. The second-order valence-electron chi connectivity index (χ2n) is 9.09. The summed E-state index contributed by atoms with van der Waals surface area (Å²) in [5, 5.41) is 11.9. The van der Waals surface area contributed by atoms with Crippen molar-refractivity contribution in [2.45, 2.75) is 32.7 Å². The minimum absolute atomic E-state index is 0.0741. The fourth-order valence-corrected chi connectivity index (χ4v) is 5.59. The summed E-state index contributed by atoms with van der Waals surface area (Å²) in [5.74, 6) is -1.13. The first-order chi connectivity index (χ1) is 17.3. The number of halogens is 2. The lowest BCUT2D eigenvalue weighted by atomic mass is 10.0. The fourth-order valence-electron chi connectivity index (χ4n) is 5.00. The molecule has 190 valence electrons. The molecule has 0 aliphatic carbocycles. The molecule has 0 bridgehead atoms. The number of imidazole rings is 1. The number of nitrogens with one attached hydrogen (secondary N) is 2. The number of methoxy groups -OCH3 is 1. The van der Waals surface area contributed by atoms with Crippen LogP contribution in [0.15, 0.2) is 29.1 Å². The van der Waals surface area contributed by atoms with Gasteiger partial charge in [-0.3, -0.25) is 9.48 Å². The largest absolute Gasteiger partial charge is 0.491 e. The Hall–Kier alpha value is -3.18. The van der Waals surface area contributed by atoms with E-state index in [1.165, 1.54) is 11.5 Å². The molecular formula is C25H29BrFN7O2. The van der Waals surface area contributed by atoms with E-state index in [1.54, 1.807) is 24.0 Å². The summed E-state index contributed by atoms with van der Waals surface area (Å²) in [7, 11) is 3.20. The number of anilines is 2. The number of rotatable bonds is 6. The van der Waals surface area contributed by atoms with Crippen molar-refractivity contribution in [3.8, 4) is 5.75 Å². The standard InChI is InChI=1S/C25H29BrFN7O2/c1-5-28-15-6-8-33(9-7-15)19-10-17(26)20(22-16(19)12-32(3)31-22)25(35)30-18-13-34-11-14(2)29-24(34)21(27)23(18)36-4/h10-13,15,28H,5-9H2,1-4H3,(H,30,35). The average molecular weight is 558 g/mol. The number of carbonyl (C=O) groups is 1. The fraction of sp³-hybridized carbons (Fsp3) is 0.400. The SMILES string of the molecule is CCNC1CCN(c2cc(Br)c(C(=O)Nc3cn4cc(C)nc4c(F)c3OC)c3nn(C)cc23)CC1. The maximum absolute atomic E-state index is 15.1. The van der Waals surface area contributed by atoms with Crippen molar-refractivity contribution in [2.24, 2.45) is 7.05 Å². The van der Waals surface area contributed by atoms with Crippen LogP contribution in [-0.2, 0) is 7.05 Å². The first kappa shape index (κ1) is 24.5. The number of fused-ring (bicyclic) bond motifs is 2. The molecule has 0 atom stereocenters. The van der Waals surface area contributed by atoms with Crippen LogP contribution < -0.4 is 20.3 Å². The van der Waals surface area contributed by atoms with E-state index >= 15 is 4.39 Å². The highest BCUT2D eigenvalue weighted by Crippen LogP contribution is 2.37. The Morgan fingerprint density at radius 3 is 2.72 bits per heavy atom. The lowest BCUT2D eigenvalue weighted by Crippen LogP contribution is -2.42. The van der Waals surface area contributed by atoms with Crippen molar-refractivity contribution in [1.29, 1.82) is 0 Å². The number of pyridine rings is 1. The zero-order chi connectivity index (χ0) is 25.6. The van der Waals surface area contributed by atoms with E-state index in [0.717, 1.165) is 43.5 Å². The van der Waals surface area contributed by atoms with Crippen LogP contribution >= 0.6 is 15.9 Å². The van der Waals surface area contributed by atoms with E-state index in [4.69, 9.17) is 4.74 Å². The maximum atomic E-state index is 15.1. The van der Waals surface area contributed by atoms with Gasteiger partial charge in [0.2, 0.25) is 5.82 Å². The third-order valence-electron chi connectivity index (χ3n) is 6.61. The Kier molecular flexibility index (Phi) is 6.60. The van der Waals surface area contributed by atoms with Gasteiger partial charge in [0, 0.05) is 60.3 Å². The van der Waals surface area contributed by atoms with Crippen LogP contribution in [0.3, 0.4) is 0 Å².